The maximum Gasteiger partial charge on any atom is 0.237 e. The summed E-state index contributed by atoms with van der Waals surface area (Å²) >= 11 is 4.81. The highest BCUT2D eigenvalue weighted by molar-refractivity contribution is 7.80. The van der Waals surface area contributed by atoms with Crippen LogP contribution in [0.3, 0.4) is 0 Å². The van der Waals surface area contributed by atoms with Gasteiger partial charge in [0, 0.05) is 13.0 Å². The van der Waals surface area contributed by atoms with Gasteiger partial charge in [0.05, 0.1) is 23.8 Å². The minimum atomic E-state index is -0.227. The third-order valence-electron chi connectivity index (χ3n) is 2.77. The molecule has 0 spiro atoms. The number of likely N-dealkylation sites (N-methyl/N-ethyl adjacent to an activating group) is 1. The van der Waals surface area contributed by atoms with Gasteiger partial charge in [0.15, 0.2) is 0 Å². The van der Waals surface area contributed by atoms with Gasteiger partial charge in [-0.15, -0.1) is 0 Å². The number of nitrogens with two attached hydrogens (primary N) is 1. The number of amides is 1. The maximum absolute atomic E-state index is 11.9. The van der Waals surface area contributed by atoms with E-state index in [1.165, 1.54) is 0 Å². The molecule has 5 nitrogen and oxygen atoms in total. The van der Waals surface area contributed by atoms with Gasteiger partial charge in [0.2, 0.25) is 5.91 Å². The van der Waals surface area contributed by atoms with E-state index < -0.39 is 0 Å². The summed E-state index contributed by atoms with van der Waals surface area (Å²) in [6.45, 7) is 2.92. The lowest BCUT2D eigenvalue weighted by molar-refractivity contribution is -0.125. The number of carbonyl (C=O) groups is 1. The minimum Gasteiger partial charge on any atom is -0.467 e. The van der Waals surface area contributed by atoms with Crippen molar-refractivity contribution < 1.29 is 9.21 Å². The first-order chi connectivity index (χ1) is 8.50. The Bertz CT molecular complexity index is 392. The van der Waals surface area contributed by atoms with Crippen LogP contribution in [0.25, 0.3) is 0 Å². The van der Waals surface area contributed by atoms with E-state index in [2.05, 4.69) is 5.32 Å². The summed E-state index contributed by atoms with van der Waals surface area (Å²) in [5.41, 5.74) is 5.43. The molecule has 0 saturated carbocycles. The average Bonchev–Trinajstić information content (AvgIpc) is 2.85. The van der Waals surface area contributed by atoms with Crippen molar-refractivity contribution in [1.29, 1.82) is 0 Å². The van der Waals surface area contributed by atoms with Crippen molar-refractivity contribution in [3.8, 4) is 0 Å². The predicted octanol–water partition coefficient (Wildman–Crippen LogP) is 0.892. The Morgan fingerprint density at radius 1 is 1.67 bits per heavy atom. The van der Waals surface area contributed by atoms with Crippen LogP contribution < -0.4 is 11.1 Å². The SMILES string of the molecule is CC(C(=O)NCc1ccco1)N(C)CCC(N)=S. The number of carbonyl (C=O) groups excluding carboxylic acids is 1. The molecular formula is C12H19N3O2S. The molecule has 0 fully saturated rings. The molecule has 0 radical (unpaired) electrons. The molecule has 0 saturated heterocycles. The van der Waals surface area contributed by atoms with E-state index in [-0.39, 0.29) is 11.9 Å². The summed E-state index contributed by atoms with van der Waals surface area (Å²) in [6, 6.07) is 3.38. The summed E-state index contributed by atoms with van der Waals surface area (Å²) in [5, 5.41) is 2.81. The Balaban J connectivity index is 2.33. The van der Waals surface area contributed by atoms with Gasteiger partial charge < -0.3 is 15.5 Å². The molecular weight excluding hydrogens is 250 g/mol. The largest absolute Gasteiger partial charge is 0.467 e. The Hall–Kier alpha value is -1.40. The second-order valence-electron chi connectivity index (χ2n) is 4.17. The fourth-order valence-corrected chi connectivity index (χ4v) is 1.51. The lowest BCUT2D eigenvalue weighted by Gasteiger charge is -2.23. The van der Waals surface area contributed by atoms with Crippen LogP contribution in [0.1, 0.15) is 19.1 Å². The number of hydrogen-bond donors (Lipinski definition) is 2. The lowest BCUT2D eigenvalue weighted by Crippen LogP contribution is -2.43. The van der Waals surface area contributed by atoms with Crippen molar-refractivity contribution in [1.82, 2.24) is 10.2 Å². The highest BCUT2D eigenvalue weighted by atomic mass is 32.1. The van der Waals surface area contributed by atoms with Crippen molar-refractivity contribution in [3.63, 3.8) is 0 Å². The van der Waals surface area contributed by atoms with Gasteiger partial charge in [-0.1, -0.05) is 12.2 Å². The molecule has 0 bridgehead atoms. The van der Waals surface area contributed by atoms with E-state index in [1.807, 2.05) is 24.9 Å². The molecule has 1 rings (SSSR count). The number of thiocarbonyl (C=S) groups is 1. The molecule has 1 atom stereocenters. The zero-order valence-corrected chi connectivity index (χ0v) is 11.5. The van der Waals surface area contributed by atoms with Crippen LogP contribution >= 0.6 is 12.2 Å². The smallest absolute Gasteiger partial charge is 0.237 e. The van der Waals surface area contributed by atoms with Gasteiger partial charge in [-0.05, 0) is 26.1 Å². The summed E-state index contributed by atoms with van der Waals surface area (Å²) in [7, 11) is 1.87. The topological polar surface area (TPSA) is 71.5 Å². The molecule has 1 amide bonds. The van der Waals surface area contributed by atoms with Crippen LogP contribution in [0.15, 0.2) is 22.8 Å². The third-order valence-corrected chi connectivity index (χ3v) is 2.97. The molecule has 18 heavy (non-hydrogen) atoms. The summed E-state index contributed by atoms with van der Waals surface area (Å²) < 4.78 is 5.14. The Kier molecular flexibility index (Phi) is 5.80. The monoisotopic (exact) mass is 269 g/mol. The van der Waals surface area contributed by atoms with Crippen molar-refractivity contribution in [2.75, 3.05) is 13.6 Å². The van der Waals surface area contributed by atoms with Crippen LogP contribution in [-0.2, 0) is 11.3 Å². The quantitative estimate of drug-likeness (QED) is 0.719. The molecule has 0 aliphatic rings. The fraction of sp³-hybridized carbons (Fsp3) is 0.500. The van der Waals surface area contributed by atoms with Crippen molar-refractivity contribution in [2.24, 2.45) is 5.73 Å². The second-order valence-corrected chi connectivity index (χ2v) is 4.69. The molecule has 100 valence electrons. The van der Waals surface area contributed by atoms with Gasteiger partial charge in [0.1, 0.15) is 5.76 Å². The summed E-state index contributed by atoms with van der Waals surface area (Å²) in [4.78, 5) is 14.2. The van der Waals surface area contributed by atoms with E-state index in [0.717, 1.165) is 5.76 Å². The number of furan rings is 1. The molecule has 1 aromatic heterocycles. The Morgan fingerprint density at radius 3 is 2.94 bits per heavy atom. The van der Waals surface area contributed by atoms with E-state index in [9.17, 15) is 4.79 Å². The van der Waals surface area contributed by atoms with Gasteiger partial charge in [-0.3, -0.25) is 9.69 Å². The van der Waals surface area contributed by atoms with Gasteiger partial charge in [-0.25, -0.2) is 0 Å². The molecule has 6 heteroatoms. The Labute approximate surface area is 112 Å². The fourth-order valence-electron chi connectivity index (χ4n) is 1.42. The second kappa shape index (κ2) is 7.13. The minimum absolute atomic E-state index is 0.0446. The van der Waals surface area contributed by atoms with Crippen molar-refractivity contribution in [2.45, 2.75) is 25.9 Å². The standard InChI is InChI=1S/C12H19N3O2S/c1-9(15(2)6-5-11(13)18)12(16)14-8-10-4-3-7-17-10/h3-4,7,9H,5-6,8H2,1-2H3,(H2,13,18)(H,14,16). The van der Waals surface area contributed by atoms with Crippen LogP contribution in [0.4, 0.5) is 0 Å². The predicted molar refractivity (Wildman–Crippen MR) is 74.0 cm³/mol. The Morgan fingerprint density at radius 2 is 2.39 bits per heavy atom. The van der Waals surface area contributed by atoms with Crippen LogP contribution in [0.5, 0.6) is 0 Å². The van der Waals surface area contributed by atoms with Crippen LogP contribution in [0.2, 0.25) is 0 Å². The van der Waals surface area contributed by atoms with Crippen LogP contribution in [-0.4, -0.2) is 35.4 Å². The molecule has 1 unspecified atom stereocenters. The van der Waals surface area contributed by atoms with Gasteiger partial charge >= 0.3 is 0 Å². The molecule has 0 aliphatic carbocycles. The molecule has 3 N–H and O–H groups in total. The number of nitrogens with zero attached hydrogens (tertiary/aromatic N) is 1. The highest BCUT2D eigenvalue weighted by Gasteiger charge is 2.17. The summed E-state index contributed by atoms with van der Waals surface area (Å²) in [5.74, 6) is 0.693. The highest BCUT2D eigenvalue weighted by Crippen LogP contribution is 2.01. The zero-order valence-electron chi connectivity index (χ0n) is 10.7. The lowest BCUT2D eigenvalue weighted by atomic mass is 10.2. The van der Waals surface area contributed by atoms with E-state index >= 15 is 0 Å². The first-order valence-corrected chi connectivity index (χ1v) is 6.20. The van der Waals surface area contributed by atoms with E-state index in [4.69, 9.17) is 22.4 Å². The van der Waals surface area contributed by atoms with E-state index in [0.29, 0.717) is 24.5 Å². The van der Waals surface area contributed by atoms with Crippen molar-refractivity contribution in [3.05, 3.63) is 24.2 Å². The third kappa shape index (κ3) is 4.85. The average molecular weight is 269 g/mol. The molecule has 1 heterocycles. The zero-order chi connectivity index (χ0) is 13.5. The van der Waals surface area contributed by atoms with Crippen molar-refractivity contribution >= 4 is 23.1 Å². The molecule has 0 aromatic carbocycles. The number of nitrogens with one attached hydrogen (secondary N) is 1. The maximum atomic E-state index is 11.9. The number of hydrogen-bond acceptors (Lipinski definition) is 4. The molecule has 0 aliphatic heterocycles. The molecule has 1 aromatic rings. The number of rotatable bonds is 7. The van der Waals surface area contributed by atoms with Gasteiger partial charge in [0.25, 0.3) is 0 Å². The first-order valence-electron chi connectivity index (χ1n) is 5.79. The first kappa shape index (κ1) is 14.7. The van der Waals surface area contributed by atoms with Crippen LogP contribution in [0, 0.1) is 0 Å². The van der Waals surface area contributed by atoms with Gasteiger partial charge in [-0.2, -0.15) is 0 Å². The summed E-state index contributed by atoms with van der Waals surface area (Å²) in [6.07, 6.45) is 2.20. The van der Waals surface area contributed by atoms with E-state index in [1.54, 1.807) is 12.3 Å². The normalized spacial score (nSPS) is 12.4.